The van der Waals surface area contributed by atoms with Crippen molar-refractivity contribution in [1.82, 2.24) is 14.6 Å². The number of ether oxygens (including phenoxy) is 3. The van der Waals surface area contributed by atoms with Gasteiger partial charge in [-0.2, -0.15) is 4.52 Å². The third-order valence-corrected chi connectivity index (χ3v) is 6.26. The van der Waals surface area contributed by atoms with Gasteiger partial charge in [-0.3, -0.25) is 4.79 Å². The fourth-order valence-corrected chi connectivity index (χ4v) is 4.35. The van der Waals surface area contributed by atoms with Crippen molar-refractivity contribution >= 4 is 19.3 Å². The summed E-state index contributed by atoms with van der Waals surface area (Å²) in [5.41, 5.74) is -0.666. The maximum atomic E-state index is 13.0. The van der Waals surface area contributed by atoms with Crippen molar-refractivity contribution < 1.29 is 23.0 Å². The van der Waals surface area contributed by atoms with E-state index in [9.17, 15) is 13.6 Å². The van der Waals surface area contributed by atoms with Gasteiger partial charge in [0, 0.05) is 31.6 Å². The first-order valence-electron chi connectivity index (χ1n) is 11.3. The Kier molecular flexibility index (Phi) is 5.79. The molecule has 0 saturated carbocycles. The van der Waals surface area contributed by atoms with Crippen molar-refractivity contribution in [3.63, 3.8) is 0 Å². The van der Waals surface area contributed by atoms with Crippen LogP contribution >= 0.6 is 0 Å². The van der Waals surface area contributed by atoms with Gasteiger partial charge in [0.05, 0.1) is 18.7 Å². The fourth-order valence-electron chi connectivity index (χ4n) is 4.35. The van der Waals surface area contributed by atoms with Crippen LogP contribution in [0.3, 0.4) is 0 Å². The lowest BCUT2D eigenvalue weighted by molar-refractivity contribution is 0.126. The number of piperidine rings is 1. The van der Waals surface area contributed by atoms with Crippen LogP contribution in [0.15, 0.2) is 35.1 Å². The topological polar surface area (TPSA) is 78.2 Å². The minimum absolute atomic E-state index is 0.114. The third-order valence-electron chi connectivity index (χ3n) is 6.26. The van der Waals surface area contributed by atoms with E-state index in [0.29, 0.717) is 37.9 Å². The van der Waals surface area contributed by atoms with E-state index in [2.05, 4.69) is 22.8 Å². The number of hydrogen-bond acceptors (Lipinski definition) is 7. The average molecular weight is 470 g/mol. The molecule has 178 valence electrons. The predicted octanol–water partition coefficient (Wildman–Crippen LogP) is 2.51. The molecule has 0 N–H and O–H groups in total. The average Bonchev–Trinajstić information content (AvgIpc) is 3.04. The van der Waals surface area contributed by atoms with Crippen molar-refractivity contribution in [2.24, 2.45) is 0 Å². The number of hydrogen-bond donors (Lipinski definition) is 0. The van der Waals surface area contributed by atoms with Gasteiger partial charge in [-0.1, -0.05) is 0 Å². The largest absolute Gasteiger partial charge is 0.496 e. The lowest BCUT2D eigenvalue weighted by Crippen LogP contribution is -2.49. The Morgan fingerprint density at radius 1 is 1.12 bits per heavy atom. The summed E-state index contributed by atoms with van der Waals surface area (Å²) in [4.78, 5) is 18.3. The second-order valence-electron chi connectivity index (χ2n) is 8.94. The summed E-state index contributed by atoms with van der Waals surface area (Å²) in [6, 6.07) is 8.10. The molecular weight excluding hydrogens is 445 g/mol. The maximum Gasteiger partial charge on any atom is 0.280 e. The van der Waals surface area contributed by atoms with Gasteiger partial charge in [0.25, 0.3) is 12.0 Å². The van der Waals surface area contributed by atoms with Gasteiger partial charge in [-0.15, -0.1) is 5.10 Å². The molecule has 3 aromatic rings. The normalized spacial score (nSPS) is 17.6. The zero-order chi connectivity index (χ0) is 23.9. The molecule has 0 atom stereocenters. The van der Waals surface area contributed by atoms with Gasteiger partial charge in [-0.25, -0.2) is 13.8 Å². The summed E-state index contributed by atoms with van der Waals surface area (Å²) in [7, 11) is 2.08. The van der Waals surface area contributed by atoms with Crippen LogP contribution in [-0.4, -0.2) is 54.2 Å². The van der Waals surface area contributed by atoms with E-state index < -0.39 is 17.7 Å². The SMILES string of the molecule is BC1(Oc2ccc3c(c2)OCCCO3)CCN(c2nn3c(=O)cc(C(F)F)nc3cc2C)CC1. The van der Waals surface area contributed by atoms with E-state index in [0.717, 1.165) is 46.9 Å². The predicted molar refractivity (Wildman–Crippen MR) is 124 cm³/mol. The van der Waals surface area contributed by atoms with Crippen molar-refractivity contribution in [3.05, 3.63) is 51.9 Å². The Labute approximate surface area is 195 Å². The smallest absolute Gasteiger partial charge is 0.280 e. The first kappa shape index (κ1) is 22.4. The molecule has 1 fully saturated rings. The number of alkyl halides is 2. The molecular formula is C23H25BF2N4O4. The maximum absolute atomic E-state index is 13.0. The molecule has 8 nitrogen and oxygen atoms in total. The highest BCUT2D eigenvalue weighted by atomic mass is 19.3. The monoisotopic (exact) mass is 470 g/mol. The Hall–Kier alpha value is -3.37. The lowest BCUT2D eigenvalue weighted by Gasteiger charge is -2.40. The summed E-state index contributed by atoms with van der Waals surface area (Å²) in [5, 5.41) is 4.44. The number of aromatic nitrogens is 3. The van der Waals surface area contributed by atoms with Crippen LogP contribution in [0.1, 0.15) is 36.9 Å². The van der Waals surface area contributed by atoms with Crippen molar-refractivity contribution in [3.8, 4) is 17.2 Å². The van der Waals surface area contributed by atoms with Crippen LogP contribution in [0.5, 0.6) is 17.2 Å². The Morgan fingerprint density at radius 2 is 1.85 bits per heavy atom. The lowest BCUT2D eigenvalue weighted by atomic mass is 9.73. The van der Waals surface area contributed by atoms with E-state index in [1.807, 2.05) is 25.1 Å². The first-order valence-corrected chi connectivity index (χ1v) is 11.3. The Balaban J connectivity index is 1.32. The summed E-state index contributed by atoms with van der Waals surface area (Å²) in [6.07, 6.45) is -0.497. The third kappa shape index (κ3) is 4.38. The number of nitrogens with zero attached hydrogens (tertiary/aromatic N) is 4. The molecule has 2 aliphatic heterocycles. The highest BCUT2D eigenvalue weighted by Gasteiger charge is 2.33. The molecule has 0 aliphatic carbocycles. The molecule has 2 aromatic heterocycles. The summed E-state index contributed by atoms with van der Waals surface area (Å²) in [5.74, 6) is 2.79. The second kappa shape index (κ2) is 8.77. The number of aryl methyl sites for hydroxylation is 1. The Bertz CT molecular complexity index is 1280. The van der Waals surface area contributed by atoms with Crippen LogP contribution < -0.4 is 24.7 Å². The highest BCUT2D eigenvalue weighted by Crippen LogP contribution is 2.36. The van der Waals surface area contributed by atoms with Crippen LogP contribution in [0.2, 0.25) is 0 Å². The zero-order valence-electron chi connectivity index (χ0n) is 19.1. The molecule has 0 spiro atoms. The Morgan fingerprint density at radius 3 is 2.59 bits per heavy atom. The fraction of sp³-hybridized carbons (Fsp3) is 0.435. The molecule has 1 aromatic carbocycles. The summed E-state index contributed by atoms with van der Waals surface area (Å²) >= 11 is 0. The number of anilines is 1. The number of benzene rings is 1. The van der Waals surface area contributed by atoms with Crippen molar-refractivity contribution in [2.45, 2.75) is 38.1 Å². The molecule has 34 heavy (non-hydrogen) atoms. The van der Waals surface area contributed by atoms with E-state index in [4.69, 9.17) is 14.2 Å². The van der Waals surface area contributed by atoms with Crippen LogP contribution in [-0.2, 0) is 0 Å². The van der Waals surface area contributed by atoms with E-state index in [1.165, 1.54) is 0 Å². The van der Waals surface area contributed by atoms with E-state index >= 15 is 0 Å². The molecule has 4 heterocycles. The van der Waals surface area contributed by atoms with Gasteiger partial charge >= 0.3 is 0 Å². The second-order valence-corrected chi connectivity index (χ2v) is 8.94. The zero-order valence-corrected chi connectivity index (χ0v) is 19.1. The van der Waals surface area contributed by atoms with Gasteiger partial charge in [-0.05, 0) is 43.5 Å². The van der Waals surface area contributed by atoms with E-state index in [1.54, 1.807) is 6.07 Å². The standard InChI is InChI=1S/C23H25BF2N4O4/c1-14-11-19-27-16(21(25)26)13-20(31)30(19)28-22(14)29-7-5-23(24,6-8-29)34-15-3-4-17-18(12-15)33-10-2-9-32-17/h3-4,11-13,21H,2,5-10,24H2,1H3. The van der Waals surface area contributed by atoms with Crippen molar-refractivity contribution in [1.29, 1.82) is 0 Å². The van der Waals surface area contributed by atoms with Crippen LogP contribution in [0.4, 0.5) is 14.6 Å². The molecule has 11 heteroatoms. The highest BCUT2D eigenvalue weighted by molar-refractivity contribution is 6.14. The quantitative estimate of drug-likeness (QED) is 0.543. The van der Waals surface area contributed by atoms with Crippen LogP contribution in [0.25, 0.3) is 5.65 Å². The molecule has 0 bridgehead atoms. The van der Waals surface area contributed by atoms with E-state index in [-0.39, 0.29) is 11.1 Å². The molecule has 0 amide bonds. The molecule has 5 rings (SSSR count). The van der Waals surface area contributed by atoms with Crippen molar-refractivity contribution in [2.75, 3.05) is 31.2 Å². The van der Waals surface area contributed by atoms with Gasteiger partial charge in [0.1, 0.15) is 11.4 Å². The summed E-state index contributed by atoms with van der Waals surface area (Å²) in [6.45, 7) is 4.42. The molecule has 0 unspecified atom stereocenters. The molecule has 2 aliphatic rings. The first-order chi connectivity index (χ1) is 16.3. The van der Waals surface area contributed by atoms with Gasteiger partial charge < -0.3 is 19.1 Å². The minimum Gasteiger partial charge on any atom is -0.496 e. The molecule has 1 saturated heterocycles. The number of rotatable bonds is 4. The number of fused-ring (bicyclic) bond motifs is 2. The van der Waals surface area contributed by atoms with Gasteiger partial charge in [0.15, 0.2) is 30.8 Å². The van der Waals surface area contributed by atoms with Gasteiger partial charge in [0.2, 0.25) is 0 Å². The minimum atomic E-state index is -2.81. The number of halogens is 2. The molecule has 0 radical (unpaired) electrons. The van der Waals surface area contributed by atoms with Crippen LogP contribution in [0, 0.1) is 6.92 Å². The summed E-state index contributed by atoms with van der Waals surface area (Å²) < 4.78 is 44.9.